The van der Waals surface area contributed by atoms with Crippen LogP contribution in [0.4, 0.5) is 0 Å². The molecule has 2 fully saturated rings. The first kappa shape index (κ1) is 44.1. The van der Waals surface area contributed by atoms with Gasteiger partial charge in [0.05, 0.1) is 16.9 Å². The number of piperidine rings is 2. The van der Waals surface area contributed by atoms with Crippen molar-refractivity contribution < 1.29 is 27.9 Å². The number of hydrogen-bond acceptors (Lipinski definition) is 7. The highest BCUT2D eigenvalue weighted by Crippen LogP contribution is 2.30. The Balaban J connectivity index is 0.00000378. The van der Waals surface area contributed by atoms with E-state index in [0.717, 1.165) is 88.5 Å². The molecule has 2 atom stereocenters. The summed E-state index contributed by atoms with van der Waals surface area (Å²) >= 11 is 0. The first-order chi connectivity index (χ1) is 24.5. The van der Waals surface area contributed by atoms with E-state index in [1.54, 1.807) is 18.2 Å². The van der Waals surface area contributed by atoms with Crippen molar-refractivity contribution in [1.82, 2.24) is 26.0 Å². The third kappa shape index (κ3) is 12.9. The van der Waals surface area contributed by atoms with Gasteiger partial charge in [-0.25, -0.2) is 8.42 Å². The summed E-state index contributed by atoms with van der Waals surface area (Å²) in [5.74, 6) is -1.03. The van der Waals surface area contributed by atoms with E-state index in [1.165, 1.54) is 12.1 Å². The standard InChI is InChI=1S/C39H53N5O6S.2ClH/c1-39(33-9-3-2-4-10-33,43-37(46)31(13-11-28-17-21-40-22-18-28)14-12-29-19-23-41-24-20-29)26-36(45)42-27-35(38(47)48)44-51(49,50)34-16-15-30-7-5-6-8-32(30)25-34;;/h2-10,15-16,25,28-29,31,35,40-41,44H,11-14,17-24,26-27H2,1H3,(H,42,45)(H,43,46)(H,47,48);2*1H. The van der Waals surface area contributed by atoms with Crippen LogP contribution in [0.5, 0.6) is 0 Å². The first-order valence-electron chi connectivity index (χ1n) is 18.3. The van der Waals surface area contributed by atoms with Gasteiger partial charge in [0, 0.05) is 12.5 Å². The van der Waals surface area contributed by atoms with Gasteiger partial charge >= 0.3 is 5.97 Å². The molecule has 0 aromatic heterocycles. The van der Waals surface area contributed by atoms with Crippen LogP contribution in [-0.4, -0.2) is 70.1 Å². The van der Waals surface area contributed by atoms with Gasteiger partial charge in [0.1, 0.15) is 6.04 Å². The van der Waals surface area contributed by atoms with Gasteiger partial charge in [0.2, 0.25) is 21.8 Å². The molecular weight excluding hydrogens is 737 g/mol. The number of carbonyl (C=O) groups is 3. The average molecular weight is 793 g/mol. The second-order valence-corrected chi connectivity index (χ2v) is 16.1. The molecule has 2 saturated heterocycles. The number of aliphatic carboxylic acids is 1. The number of carboxylic acid groups (broad SMARTS) is 1. The minimum Gasteiger partial charge on any atom is -0.480 e. The van der Waals surface area contributed by atoms with Gasteiger partial charge in [-0.15, -0.1) is 24.8 Å². The van der Waals surface area contributed by atoms with Gasteiger partial charge in [-0.3, -0.25) is 14.4 Å². The number of nitrogens with one attached hydrogen (secondary N) is 5. The van der Waals surface area contributed by atoms with Crippen LogP contribution in [0.15, 0.2) is 77.7 Å². The molecule has 3 aromatic rings. The summed E-state index contributed by atoms with van der Waals surface area (Å²) in [7, 11) is -4.22. The summed E-state index contributed by atoms with van der Waals surface area (Å²) in [6.45, 7) is 5.36. The van der Waals surface area contributed by atoms with Gasteiger partial charge < -0.3 is 26.4 Å². The quantitative estimate of drug-likeness (QED) is 0.110. The molecule has 2 aliphatic rings. The molecule has 53 heavy (non-hydrogen) atoms. The van der Waals surface area contributed by atoms with E-state index in [-0.39, 0.29) is 48.0 Å². The molecule has 11 nitrogen and oxygen atoms in total. The van der Waals surface area contributed by atoms with Crippen LogP contribution in [0, 0.1) is 17.8 Å². The zero-order chi connectivity index (χ0) is 36.3. The molecule has 0 bridgehead atoms. The number of rotatable bonds is 17. The van der Waals surface area contributed by atoms with E-state index in [0.29, 0.717) is 17.2 Å². The molecule has 6 N–H and O–H groups in total. The number of carboxylic acids is 1. The van der Waals surface area contributed by atoms with Crippen LogP contribution >= 0.6 is 24.8 Å². The molecule has 0 radical (unpaired) electrons. The van der Waals surface area contributed by atoms with Gasteiger partial charge in [0.15, 0.2) is 0 Å². The zero-order valence-corrected chi connectivity index (χ0v) is 32.8. The maximum absolute atomic E-state index is 14.2. The lowest BCUT2D eigenvalue weighted by Gasteiger charge is -2.34. The minimum absolute atomic E-state index is 0. The van der Waals surface area contributed by atoms with Gasteiger partial charge in [-0.2, -0.15) is 4.72 Å². The number of hydrogen-bond donors (Lipinski definition) is 6. The Labute approximate surface area is 326 Å². The summed E-state index contributed by atoms with van der Waals surface area (Å²) in [5, 5.41) is 24.2. The van der Waals surface area contributed by atoms with Crippen molar-refractivity contribution >= 4 is 63.4 Å². The molecule has 3 aromatic carbocycles. The van der Waals surface area contributed by atoms with E-state index in [4.69, 9.17) is 0 Å². The molecule has 2 amide bonds. The van der Waals surface area contributed by atoms with E-state index >= 15 is 0 Å². The topological polar surface area (TPSA) is 166 Å². The lowest BCUT2D eigenvalue weighted by Crippen LogP contribution is -2.51. The molecule has 2 heterocycles. The minimum atomic E-state index is -4.22. The Bertz CT molecular complexity index is 1720. The van der Waals surface area contributed by atoms with Crippen molar-refractivity contribution in [3.05, 3.63) is 78.4 Å². The van der Waals surface area contributed by atoms with Crippen molar-refractivity contribution in [2.45, 2.75) is 81.2 Å². The fourth-order valence-electron chi connectivity index (χ4n) is 7.39. The number of sulfonamides is 1. The monoisotopic (exact) mass is 791 g/mol. The fraction of sp³-hybridized carbons (Fsp3) is 0.513. The molecule has 0 saturated carbocycles. The van der Waals surface area contributed by atoms with Gasteiger partial charge in [0.25, 0.3) is 0 Å². The molecule has 14 heteroatoms. The number of carbonyl (C=O) groups excluding carboxylic acids is 2. The van der Waals surface area contributed by atoms with Crippen LogP contribution in [0.1, 0.15) is 70.3 Å². The normalized spacial score (nSPS) is 17.2. The summed E-state index contributed by atoms with van der Waals surface area (Å²) in [4.78, 5) is 39.8. The second kappa shape index (κ2) is 21.0. The summed E-state index contributed by atoms with van der Waals surface area (Å²) in [5.41, 5.74) is -0.344. The van der Waals surface area contributed by atoms with Crippen molar-refractivity contribution in [2.24, 2.45) is 17.8 Å². The maximum Gasteiger partial charge on any atom is 0.323 e. The van der Waals surface area contributed by atoms with Gasteiger partial charge in [-0.1, -0.05) is 60.7 Å². The van der Waals surface area contributed by atoms with Crippen molar-refractivity contribution in [2.75, 3.05) is 32.7 Å². The molecular formula is C39H55Cl2N5O6S. The van der Waals surface area contributed by atoms with Crippen LogP contribution in [-0.2, 0) is 29.9 Å². The SMILES string of the molecule is CC(CC(=O)NCC(NS(=O)(=O)c1ccc2ccccc2c1)C(=O)O)(NC(=O)C(CCC1CCNCC1)CCC1CCNCC1)c1ccccc1.Cl.Cl. The van der Waals surface area contributed by atoms with E-state index < -0.39 is 40.0 Å². The Kier molecular flexibility index (Phi) is 17.5. The zero-order valence-electron chi connectivity index (χ0n) is 30.4. The number of halogens is 2. The van der Waals surface area contributed by atoms with Crippen molar-refractivity contribution in [3.8, 4) is 0 Å². The molecule has 0 spiro atoms. The highest BCUT2D eigenvalue weighted by molar-refractivity contribution is 7.89. The van der Waals surface area contributed by atoms with E-state index in [2.05, 4.69) is 26.0 Å². The molecule has 5 rings (SSSR count). The van der Waals surface area contributed by atoms with Crippen LogP contribution < -0.4 is 26.0 Å². The Morgan fingerprint density at radius 1 is 0.811 bits per heavy atom. The number of benzene rings is 3. The van der Waals surface area contributed by atoms with Crippen LogP contribution in [0.2, 0.25) is 0 Å². The van der Waals surface area contributed by atoms with Crippen molar-refractivity contribution in [1.29, 1.82) is 0 Å². The summed E-state index contributed by atoms with van der Waals surface area (Å²) < 4.78 is 28.6. The number of amides is 2. The van der Waals surface area contributed by atoms with E-state index in [1.807, 2.05) is 49.4 Å². The molecule has 2 aliphatic heterocycles. The third-order valence-corrected chi connectivity index (χ3v) is 12.1. The highest BCUT2D eigenvalue weighted by atomic mass is 35.5. The predicted octanol–water partition coefficient (Wildman–Crippen LogP) is 5.13. The highest BCUT2D eigenvalue weighted by Gasteiger charge is 2.35. The fourth-order valence-corrected chi connectivity index (χ4v) is 8.61. The maximum atomic E-state index is 14.2. The van der Waals surface area contributed by atoms with E-state index in [9.17, 15) is 27.9 Å². The second-order valence-electron chi connectivity index (χ2n) is 14.4. The molecule has 292 valence electrons. The van der Waals surface area contributed by atoms with Gasteiger partial charge in [-0.05, 0) is 125 Å². The number of fused-ring (bicyclic) bond motifs is 1. The summed E-state index contributed by atoms with van der Waals surface area (Å²) in [6, 6.07) is 19.5. The average Bonchev–Trinajstić information content (AvgIpc) is 3.14. The Hall–Kier alpha value is -3.26. The lowest BCUT2D eigenvalue weighted by atomic mass is 9.83. The third-order valence-electron chi connectivity index (χ3n) is 10.6. The Morgan fingerprint density at radius 3 is 1.92 bits per heavy atom. The Morgan fingerprint density at radius 2 is 1.36 bits per heavy atom. The predicted molar refractivity (Wildman–Crippen MR) is 213 cm³/mol. The smallest absolute Gasteiger partial charge is 0.323 e. The van der Waals surface area contributed by atoms with Crippen LogP contribution in [0.25, 0.3) is 10.8 Å². The summed E-state index contributed by atoms with van der Waals surface area (Å²) in [6.07, 6.45) is 7.83. The van der Waals surface area contributed by atoms with Crippen molar-refractivity contribution in [3.63, 3.8) is 0 Å². The molecule has 0 aliphatic carbocycles. The van der Waals surface area contributed by atoms with Crippen LogP contribution in [0.3, 0.4) is 0 Å². The lowest BCUT2D eigenvalue weighted by molar-refractivity contribution is -0.139. The molecule has 2 unspecified atom stereocenters. The largest absolute Gasteiger partial charge is 0.480 e. The first-order valence-corrected chi connectivity index (χ1v) is 19.8.